The molecule has 8 heteroatoms. The number of imidazole rings is 1. The van der Waals surface area contributed by atoms with Gasteiger partial charge >= 0.3 is 0 Å². The number of hydrogen-bond donors (Lipinski definition) is 2. The van der Waals surface area contributed by atoms with Gasteiger partial charge in [0.05, 0.1) is 6.54 Å². The molecule has 0 aliphatic rings. The van der Waals surface area contributed by atoms with Gasteiger partial charge in [0.25, 0.3) is 0 Å². The summed E-state index contributed by atoms with van der Waals surface area (Å²) in [5, 5.41) is 5.13. The van der Waals surface area contributed by atoms with E-state index in [4.69, 9.17) is 0 Å². The summed E-state index contributed by atoms with van der Waals surface area (Å²) in [4.78, 5) is 4.10. The molecule has 21 heavy (non-hydrogen) atoms. The average molecular weight is 328 g/mol. The maximum absolute atomic E-state index is 12.2. The van der Waals surface area contributed by atoms with Crippen LogP contribution in [-0.2, 0) is 30.2 Å². The van der Waals surface area contributed by atoms with Crippen molar-refractivity contribution in [2.45, 2.75) is 30.6 Å². The van der Waals surface area contributed by atoms with E-state index < -0.39 is 10.0 Å². The minimum absolute atomic E-state index is 0.188. The van der Waals surface area contributed by atoms with Crippen LogP contribution < -0.4 is 10.0 Å². The first-order valence-electron chi connectivity index (χ1n) is 6.77. The quantitative estimate of drug-likeness (QED) is 0.719. The van der Waals surface area contributed by atoms with Crippen LogP contribution in [0.25, 0.3) is 0 Å². The SMILES string of the molecule is CCCNCc1csc(S(=O)(=O)NCc2nccn2C)c1. The van der Waals surface area contributed by atoms with Crippen molar-refractivity contribution in [2.75, 3.05) is 6.54 Å². The fraction of sp³-hybridized carbons (Fsp3) is 0.462. The van der Waals surface area contributed by atoms with E-state index in [-0.39, 0.29) is 6.54 Å². The van der Waals surface area contributed by atoms with Crippen LogP contribution in [0.5, 0.6) is 0 Å². The molecule has 116 valence electrons. The zero-order valence-electron chi connectivity index (χ0n) is 12.2. The van der Waals surface area contributed by atoms with Gasteiger partial charge in [-0.05, 0) is 30.0 Å². The predicted molar refractivity (Wildman–Crippen MR) is 83.6 cm³/mol. The Bertz CT molecular complexity index is 676. The van der Waals surface area contributed by atoms with Crippen molar-refractivity contribution in [3.05, 3.63) is 35.2 Å². The van der Waals surface area contributed by atoms with Gasteiger partial charge in [0, 0.05) is 26.0 Å². The van der Waals surface area contributed by atoms with Gasteiger partial charge in [-0.1, -0.05) is 6.92 Å². The van der Waals surface area contributed by atoms with Gasteiger partial charge in [0.1, 0.15) is 10.0 Å². The summed E-state index contributed by atoms with van der Waals surface area (Å²) in [5.41, 5.74) is 0.991. The molecule has 0 amide bonds. The molecule has 0 atom stereocenters. The Morgan fingerprint density at radius 1 is 1.38 bits per heavy atom. The Labute approximate surface area is 129 Å². The lowest BCUT2D eigenvalue weighted by Crippen LogP contribution is -2.24. The molecule has 2 aromatic rings. The van der Waals surface area contributed by atoms with E-state index in [1.807, 2.05) is 12.4 Å². The van der Waals surface area contributed by atoms with Crippen LogP contribution in [0.4, 0.5) is 0 Å². The Balaban J connectivity index is 1.97. The largest absolute Gasteiger partial charge is 0.337 e. The maximum Gasteiger partial charge on any atom is 0.250 e. The van der Waals surface area contributed by atoms with Gasteiger partial charge in [-0.3, -0.25) is 0 Å². The summed E-state index contributed by atoms with van der Waals surface area (Å²) in [6, 6.07) is 1.72. The Hall–Kier alpha value is -1.22. The Morgan fingerprint density at radius 2 is 2.19 bits per heavy atom. The lowest BCUT2D eigenvalue weighted by Gasteiger charge is -2.04. The number of hydrogen-bond acceptors (Lipinski definition) is 5. The predicted octanol–water partition coefficient (Wildman–Crippen LogP) is 1.46. The van der Waals surface area contributed by atoms with Gasteiger partial charge in [0.2, 0.25) is 10.0 Å². The van der Waals surface area contributed by atoms with Gasteiger partial charge in [-0.15, -0.1) is 11.3 Å². The molecular formula is C13H20N4O2S2. The standard InChI is InChI=1S/C13H20N4O2S2/c1-3-4-14-8-11-7-13(20-10-11)21(18,19)16-9-12-15-5-6-17(12)2/h5-7,10,14,16H,3-4,8-9H2,1-2H3. The fourth-order valence-electron chi connectivity index (χ4n) is 1.79. The van der Waals surface area contributed by atoms with Crippen molar-refractivity contribution in [2.24, 2.45) is 7.05 Å². The van der Waals surface area contributed by atoms with Crippen molar-refractivity contribution in [1.29, 1.82) is 0 Å². The van der Waals surface area contributed by atoms with Crippen LogP contribution in [-0.4, -0.2) is 24.5 Å². The monoisotopic (exact) mass is 328 g/mol. The summed E-state index contributed by atoms with van der Waals surface area (Å²) in [6.07, 6.45) is 4.49. The molecule has 0 aliphatic heterocycles. The number of aromatic nitrogens is 2. The van der Waals surface area contributed by atoms with E-state index in [2.05, 4.69) is 21.9 Å². The molecule has 0 radical (unpaired) electrons. The van der Waals surface area contributed by atoms with E-state index >= 15 is 0 Å². The number of thiophene rings is 1. The third-order valence-electron chi connectivity index (χ3n) is 2.99. The number of nitrogens with one attached hydrogen (secondary N) is 2. The summed E-state index contributed by atoms with van der Waals surface area (Å²) in [6.45, 7) is 3.90. The average Bonchev–Trinajstić information content (AvgIpc) is 3.06. The normalized spacial score (nSPS) is 11.9. The minimum atomic E-state index is -3.48. The lowest BCUT2D eigenvalue weighted by molar-refractivity contribution is 0.579. The van der Waals surface area contributed by atoms with Crippen LogP contribution in [0.15, 0.2) is 28.0 Å². The summed E-state index contributed by atoms with van der Waals surface area (Å²) < 4.78 is 29.2. The summed E-state index contributed by atoms with van der Waals surface area (Å²) >= 11 is 1.24. The van der Waals surface area contributed by atoms with Crippen molar-refractivity contribution < 1.29 is 8.42 Å². The van der Waals surface area contributed by atoms with Crippen LogP contribution >= 0.6 is 11.3 Å². The first-order chi connectivity index (χ1) is 10.0. The van der Waals surface area contributed by atoms with Gasteiger partial charge in [0.15, 0.2) is 0 Å². The summed E-state index contributed by atoms with van der Waals surface area (Å²) in [5.74, 6) is 0.681. The first-order valence-corrected chi connectivity index (χ1v) is 9.13. The van der Waals surface area contributed by atoms with Crippen molar-refractivity contribution in [3.8, 4) is 0 Å². The second-order valence-electron chi connectivity index (χ2n) is 4.73. The highest BCUT2D eigenvalue weighted by molar-refractivity contribution is 7.91. The molecular weight excluding hydrogens is 308 g/mol. The molecule has 0 fully saturated rings. The molecule has 2 N–H and O–H groups in total. The molecule has 0 bridgehead atoms. The van der Waals surface area contributed by atoms with Crippen molar-refractivity contribution in [3.63, 3.8) is 0 Å². The van der Waals surface area contributed by atoms with Gasteiger partial charge in [-0.2, -0.15) is 0 Å². The second-order valence-corrected chi connectivity index (χ2v) is 7.63. The second kappa shape index (κ2) is 7.17. The highest BCUT2D eigenvalue weighted by atomic mass is 32.2. The lowest BCUT2D eigenvalue weighted by atomic mass is 10.3. The smallest absolute Gasteiger partial charge is 0.250 e. The number of aryl methyl sites for hydroxylation is 1. The number of nitrogens with zero attached hydrogens (tertiary/aromatic N) is 2. The summed E-state index contributed by atoms with van der Waals surface area (Å²) in [7, 11) is -1.64. The van der Waals surface area contributed by atoms with E-state index in [0.29, 0.717) is 16.6 Å². The Morgan fingerprint density at radius 3 is 2.86 bits per heavy atom. The van der Waals surface area contributed by atoms with E-state index in [1.54, 1.807) is 23.0 Å². The number of rotatable bonds is 8. The molecule has 0 spiro atoms. The third kappa shape index (κ3) is 4.37. The Kier molecular flexibility index (Phi) is 5.51. The van der Waals surface area contributed by atoms with Gasteiger partial charge in [-0.25, -0.2) is 18.1 Å². The van der Waals surface area contributed by atoms with E-state index in [9.17, 15) is 8.42 Å². The molecule has 0 saturated heterocycles. The van der Waals surface area contributed by atoms with E-state index in [0.717, 1.165) is 18.5 Å². The minimum Gasteiger partial charge on any atom is -0.337 e. The van der Waals surface area contributed by atoms with Crippen molar-refractivity contribution >= 4 is 21.4 Å². The first kappa shape index (κ1) is 16.2. The number of sulfonamides is 1. The van der Waals surface area contributed by atoms with Crippen molar-refractivity contribution in [1.82, 2.24) is 19.6 Å². The molecule has 6 nitrogen and oxygen atoms in total. The molecule has 0 saturated carbocycles. The zero-order chi connectivity index (χ0) is 15.3. The highest BCUT2D eigenvalue weighted by Crippen LogP contribution is 2.20. The van der Waals surface area contributed by atoms with Gasteiger partial charge < -0.3 is 9.88 Å². The molecule has 2 rings (SSSR count). The fourth-order valence-corrected chi connectivity index (χ4v) is 4.03. The maximum atomic E-state index is 12.2. The molecule has 0 unspecified atom stereocenters. The van der Waals surface area contributed by atoms with Crippen LogP contribution in [0.2, 0.25) is 0 Å². The van der Waals surface area contributed by atoms with E-state index in [1.165, 1.54) is 11.3 Å². The van der Waals surface area contributed by atoms with Crippen LogP contribution in [0.1, 0.15) is 24.7 Å². The molecule has 0 aromatic carbocycles. The highest BCUT2D eigenvalue weighted by Gasteiger charge is 2.17. The molecule has 0 aliphatic carbocycles. The van der Waals surface area contributed by atoms with Crippen LogP contribution in [0.3, 0.4) is 0 Å². The third-order valence-corrected chi connectivity index (χ3v) is 5.88. The molecule has 2 heterocycles. The topological polar surface area (TPSA) is 76.0 Å². The molecule has 2 aromatic heterocycles. The van der Waals surface area contributed by atoms with Crippen LogP contribution in [0, 0.1) is 0 Å². The zero-order valence-corrected chi connectivity index (χ0v) is 13.8.